The van der Waals surface area contributed by atoms with E-state index in [1.54, 1.807) is 24.3 Å². The van der Waals surface area contributed by atoms with Crippen molar-refractivity contribution in [1.29, 1.82) is 0 Å². The fourth-order valence-electron chi connectivity index (χ4n) is 2.41. The van der Waals surface area contributed by atoms with Crippen LogP contribution in [0.1, 0.15) is 24.0 Å². The number of likely N-dealkylation sites (tertiary alicyclic amines) is 1. The quantitative estimate of drug-likeness (QED) is 0.876. The molecule has 1 aliphatic rings. The lowest BCUT2D eigenvalue weighted by atomic mass is 10.0. The molecule has 22 heavy (non-hydrogen) atoms. The molecule has 0 aliphatic carbocycles. The number of rotatable bonds is 5. The van der Waals surface area contributed by atoms with Crippen LogP contribution < -0.4 is 5.32 Å². The average molecular weight is 312 g/mol. The largest absolute Gasteiger partial charge is 0.481 e. The van der Waals surface area contributed by atoms with E-state index in [9.17, 15) is 18.4 Å². The molecule has 1 aromatic rings. The molecule has 0 spiro atoms. The number of benzene rings is 1. The molecule has 2 amide bonds. The number of carboxylic acid groups (broad SMARTS) is 1. The first-order valence-electron chi connectivity index (χ1n) is 7.06. The molecule has 0 bridgehead atoms. The summed E-state index contributed by atoms with van der Waals surface area (Å²) in [4.78, 5) is 23.6. The first-order valence-corrected chi connectivity index (χ1v) is 7.06. The van der Waals surface area contributed by atoms with Gasteiger partial charge in [0.1, 0.15) is 0 Å². The molecule has 0 atom stereocenters. The van der Waals surface area contributed by atoms with Crippen LogP contribution in [0.5, 0.6) is 0 Å². The summed E-state index contributed by atoms with van der Waals surface area (Å²) in [7, 11) is 0. The fraction of sp³-hybridized carbons (Fsp3) is 0.467. The van der Waals surface area contributed by atoms with Crippen LogP contribution in [0.4, 0.5) is 13.6 Å². The first-order chi connectivity index (χ1) is 10.4. The van der Waals surface area contributed by atoms with Crippen LogP contribution in [0.15, 0.2) is 24.3 Å². The van der Waals surface area contributed by atoms with Gasteiger partial charge in [-0.05, 0) is 17.5 Å². The number of amides is 2. The van der Waals surface area contributed by atoms with Gasteiger partial charge in [-0.15, -0.1) is 0 Å². The molecule has 2 rings (SSSR count). The Kier molecular flexibility index (Phi) is 4.95. The first kappa shape index (κ1) is 16.2. The minimum atomic E-state index is -2.81. The zero-order valence-corrected chi connectivity index (χ0v) is 12.0. The third kappa shape index (κ3) is 4.41. The summed E-state index contributed by atoms with van der Waals surface area (Å²) in [5, 5.41) is 11.3. The number of nitrogens with one attached hydrogen (secondary N) is 1. The summed E-state index contributed by atoms with van der Waals surface area (Å²) in [6.07, 6.45) is 0.0576. The van der Waals surface area contributed by atoms with E-state index < -0.39 is 24.5 Å². The zero-order valence-electron chi connectivity index (χ0n) is 12.0. The monoisotopic (exact) mass is 312 g/mol. The van der Waals surface area contributed by atoms with Crippen molar-refractivity contribution in [3.8, 4) is 0 Å². The number of urea groups is 1. The van der Waals surface area contributed by atoms with Gasteiger partial charge in [-0.3, -0.25) is 4.79 Å². The maximum absolute atomic E-state index is 13.1. The second kappa shape index (κ2) is 6.72. The molecule has 1 heterocycles. The maximum Gasteiger partial charge on any atom is 0.317 e. The van der Waals surface area contributed by atoms with E-state index in [2.05, 4.69) is 5.32 Å². The number of carbonyl (C=O) groups excluding carboxylic acids is 1. The van der Waals surface area contributed by atoms with Gasteiger partial charge in [0.05, 0.1) is 6.54 Å². The van der Waals surface area contributed by atoms with Crippen LogP contribution in [0.25, 0.3) is 0 Å². The number of hydrogen-bond donors (Lipinski definition) is 2. The van der Waals surface area contributed by atoms with Crippen molar-refractivity contribution in [2.24, 2.45) is 0 Å². The topological polar surface area (TPSA) is 69.6 Å². The Hall–Kier alpha value is -2.18. The third-order valence-electron chi connectivity index (χ3n) is 3.61. The number of aryl methyl sites for hydroxylation is 1. The van der Waals surface area contributed by atoms with Crippen molar-refractivity contribution < 1.29 is 23.5 Å². The molecule has 1 fully saturated rings. The van der Waals surface area contributed by atoms with Crippen molar-refractivity contribution in [2.75, 3.05) is 13.1 Å². The van der Waals surface area contributed by atoms with Crippen molar-refractivity contribution in [3.05, 3.63) is 35.4 Å². The molecule has 1 aliphatic heterocycles. The Morgan fingerprint density at radius 3 is 2.55 bits per heavy atom. The van der Waals surface area contributed by atoms with E-state index in [0.717, 1.165) is 16.0 Å². The van der Waals surface area contributed by atoms with Gasteiger partial charge < -0.3 is 15.3 Å². The second-order valence-corrected chi connectivity index (χ2v) is 5.35. The molecule has 120 valence electrons. The highest BCUT2D eigenvalue weighted by Gasteiger charge is 2.40. The lowest BCUT2D eigenvalue weighted by Crippen LogP contribution is -2.39. The van der Waals surface area contributed by atoms with E-state index >= 15 is 0 Å². The standard InChI is InChI=1S/C15H18F2N2O3/c16-15(17)7-8-19(10-15)14(22)18-9-12-4-2-1-3-11(12)5-6-13(20)21/h1-4H,5-10H2,(H,18,22)(H,20,21). The van der Waals surface area contributed by atoms with E-state index in [4.69, 9.17) is 5.11 Å². The van der Waals surface area contributed by atoms with E-state index in [1.807, 2.05) is 0 Å². The van der Waals surface area contributed by atoms with Crippen LogP contribution in [0.3, 0.4) is 0 Å². The van der Waals surface area contributed by atoms with Gasteiger partial charge in [0.15, 0.2) is 0 Å². The Labute approximate surface area is 126 Å². The molecular weight excluding hydrogens is 294 g/mol. The van der Waals surface area contributed by atoms with E-state index in [1.165, 1.54) is 0 Å². The Morgan fingerprint density at radius 1 is 1.27 bits per heavy atom. The molecule has 0 unspecified atom stereocenters. The summed E-state index contributed by atoms with van der Waals surface area (Å²) in [6, 6.07) is 6.65. The smallest absolute Gasteiger partial charge is 0.317 e. The third-order valence-corrected chi connectivity index (χ3v) is 3.61. The highest BCUT2D eigenvalue weighted by Crippen LogP contribution is 2.26. The minimum Gasteiger partial charge on any atom is -0.481 e. The molecule has 1 saturated heterocycles. The number of halogens is 2. The summed E-state index contributed by atoms with van der Waals surface area (Å²) < 4.78 is 26.2. The van der Waals surface area contributed by atoms with Gasteiger partial charge in [0.2, 0.25) is 0 Å². The van der Waals surface area contributed by atoms with Gasteiger partial charge >= 0.3 is 12.0 Å². The lowest BCUT2D eigenvalue weighted by molar-refractivity contribution is -0.136. The number of carbonyl (C=O) groups is 2. The van der Waals surface area contributed by atoms with E-state index in [-0.39, 0.29) is 25.9 Å². The second-order valence-electron chi connectivity index (χ2n) is 5.35. The van der Waals surface area contributed by atoms with Crippen molar-refractivity contribution in [2.45, 2.75) is 31.7 Å². The molecule has 5 nitrogen and oxygen atoms in total. The van der Waals surface area contributed by atoms with Gasteiger partial charge in [-0.1, -0.05) is 24.3 Å². The van der Waals surface area contributed by atoms with Gasteiger partial charge in [0, 0.05) is 25.9 Å². The Bertz CT molecular complexity index is 563. The van der Waals surface area contributed by atoms with Crippen LogP contribution in [-0.4, -0.2) is 41.0 Å². The number of hydrogen-bond acceptors (Lipinski definition) is 2. The van der Waals surface area contributed by atoms with Crippen LogP contribution in [0, 0.1) is 0 Å². The van der Waals surface area contributed by atoms with Crippen molar-refractivity contribution in [3.63, 3.8) is 0 Å². The van der Waals surface area contributed by atoms with Crippen molar-refractivity contribution >= 4 is 12.0 Å². The zero-order chi connectivity index (χ0) is 16.2. The predicted molar refractivity (Wildman–Crippen MR) is 75.8 cm³/mol. The van der Waals surface area contributed by atoms with Crippen LogP contribution >= 0.6 is 0 Å². The minimum absolute atomic E-state index is 0.00328. The predicted octanol–water partition coefficient (Wildman–Crippen LogP) is 2.25. The van der Waals surface area contributed by atoms with Crippen LogP contribution in [-0.2, 0) is 17.8 Å². The van der Waals surface area contributed by atoms with E-state index in [0.29, 0.717) is 6.42 Å². The molecule has 1 aromatic carbocycles. The van der Waals surface area contributed by atoms with Crippen molar-refractivity contribution in [1.82, 2.24) is 10.2 Å². The molecule has 0 saturated carbocycles. The fourth-order valence-corrected chi connectivity index (χ4v) is 2.41. The molecule has 0 radical (unpaired) electrons. The van der Waals surface area contributed by atoms with Crippen LogP contribution in [0.2, 0.25) is 0 Å². The highest BCUT2D eigenvalue weighted by molar-refractivity contribution is 5.74. The highest BCUT2D eigenvalue weighted by atomic mass is 19.3. The number of nitrogens with zero attached hydrogens (tertiary/aromatic N) is 1. The SMILES string of the molecule is O=C(O)CCc1ccccc1CNC(=O)N1CCC(F)(F)C1. The lowest BCUT2D eigenvalue weighted by Gasteiger charge is -2.17. The Balaban J connectivity index is 1.91. The maximum atomic E-state index is 13.1. The molecule has 0 aromatic heterocycles. The average Bonchev–Trinajstić information content (AvgIpc) is 2.83. The summed E-state index contributed by atoms with van der Waals surface area (Å²) in [6.45, 7) is -0.324. The number of aliphatic carboxylic acids is 1. The summed E-state index contributed by atoms with van der Waals surface area (Å²) in [5.74, 6) is -3.70. The van der Waals surface area contributed by atoms with Gasteiger partial charge in [0.25, 0.3) is 5.92 Å². The number of alkyl halides is 2. The normalized spacial score (nSPS) is 16.5. The molecule has 2 N–H and O–H groups in total. The summed E-state index contributed by atoms with van der Waals surface area (Å²) in [5.41, 5.74) is 1.63. The molecule has 7 heteroatoms. The molecular formula is C15H18F2N2O3. The number of carboxylic acids is 1. The van der Waals surface area contributed by atoms with Gasteiger partial charge in [-0.25, -0.2) is 13.6 Å². The summed E-state index contributed by atoms with van der Waals surface area (Å²) >= 11 is 0. The van der Waals surface area contributed by atoms with Gasteiger partial charge in [-0.2, -0.15) is 0 Å². The Morgan fingerprint density at radius 2 is 1.95 bits per heavy atom.